The first-order valence-electron chi connectivity index (χ1n) is 8.90. The Morgan fingerprint density at radius 2 is 2.11 bits per heavy atom. The van der Waals surface area contributed by atoms with Crippen molar-refractivity contribution in [3.63, 3.8) is 0 Å². The zero-order chi connectivity index (χ0) is 18.8. The summed E-state index contributed by atoms with van der Waals surface area (Å²) >= 11 is 0. The van der Waals surface area contributed by atoms with Crippen molar-refractivity contribution in [3.8, 4) is 11.5 Å². The number of carbonyl (C=O) groups excluding carboxylic acids is 1. The molecule has 2 atom stereocenters. The van der Waals surface area contributed by atoms with E-state index in [1.807, 2.05) is 18.2 Å². The number of nitrogens with one attached hydrogen (secondary N) is 1. The standard InChI is InChI=1S/C20H22N3O3P/c1-25-16-5-3-14(11-17(16)26-2)18-12-19(24)23-20(27-18)6-4-15(22-23)13-7-9-21-10-8-13/h3-7,11-12,20-21,27H,8-10H2,1-2H3. The summed E-state index contributed by atoms with van der Waals surface area (Å²) in [6.07, 6.45) is 8.91. The molecule has 3 aliphatic rings. The molecule has 6 nitrogen and oxygen atoms in total. The molecule has 0 bridgehead atoms. The maximum atomic E-state index is 12.7. The third kappa shape index (κ3) is 3.55. The minimum atomic E-state index is -0.0834. The largest absolute Gasteiger partial charge is 0.493 e. The van der Waals surface area contributed by atoms with E-state index in [2.05, 4.69) is 28.6 Å². The van der Waals surface area contributed by atoms with E-state index in [1.165, 1.54) is 5.57 Å². The Labute approximate surface area is 160 Å². The van der Waals surface area contributed by atoms with Gasteiger partial charge in [0.25, 0.3) is 5.91 Å². The van der Waals surface area contributed by atoms with E-state index in [9.17, 15) is 4.79 Å². The van der Waals surface area contributed by atoms with Crippen LogP contribution in [0.5, 0.6) is 11.5 Å². The lowest BCUT2D eigenvalue weighted by Crippen LogP contribution is -2.37. The number of ether oxygens (including phenoxy) is 2. The molecule has 7 heteroatoms. The van der Waals surface area contributed by atoms with Gasteiger partial charge in [0.05, 0.1) is 25.7 Å². The average molecular weight is 383 g/mol. The van der Waals surface area contributed by atoms with Crippen LogP contribution in [0.2, 0.25) is 0 Å². The zero-order valence-corrected chi connectivity index (χ0v) is 16.4. The van der Waals surface area contributed by atoms with Crippen LogP contribution in [0.25, 0.3) is 5.31 Å². The third-order valence-electron chi connectivity index (χ3n) is 4.80. The van der Waals surface area contributed by atoms with Crippen molar-refractivity contribution in [2.75, 3.05) is 27.3 Å². The van der Waals surface area contributed by atoms with Crippen LogP contribution in [0, 0.1) is 0 Å². The minimum absolute atomic E-state index is 0.0309. The average Bonchev–Trinajstić information content (AvgIpc) is 2.73. The van der Waals surface area contributed by atoms with Gasteiger partial charge in [-0.15, -0.1) is 0 Å². The predicted molar refractivity (Wildman–Crippen MR) is 109 cm³/mol. The highest BCUT2D eigenvalue weighted by Crippen LogP contribution is 2.45. The number of fused-ring (bicyclic) bond motifs is 1. The van der Waals surface area contributed by atoms with Gasteiger partial charge in [-0.3, -0.25) is 4.79 Å². The van der Waals surface area contributed by atoms with E-state index in [1.54, 1.807) is 25.3 Å². The number of nitrogens with zero attached hydrogens (tertiary/aromatic N) is 2. The summed E-state index contributed by atoms with van der Waals surface area (Å²) in [4.78, 5) is 12.7. The van der Waals surface area contributed by atoms with Crippen molar-refractivity contribution in [3.05, 3.63) is 53.6 Å². The van der Waals surface area contributed by atoms with Crippen LogP contribution >= 0.6 is 8.58 Å². The minimum Gasteiger partial charge on any atom is -0.493 e. The van der Waals surface area contributed by atoms with Gasteiger partial charge in [-0.1, -0.05) is 26.8 Å². The zero-order valence-electron chi connectivity index (χ0n) is 15.4. The van der Waals surface area contributed by atoms with E-state index >= 15 is 0 Å². The molecule has 2 unspecified atom stereocenters. The molecule has 0 saturated heterocycles. The van der Waals surface area contributed by atoms with Crippen LogP contribution < -0.4 is 14.8 Å². The molecule has 0 radical (unpaired) electrons. The van der Waals surface area contributed by atoms with Gasteiger partial charge in [0.1, 0.15) is 0 Å². The molecule has 0 spiro atoms. The van der Waals surface area contributed by atoms with E-state index in [0.29, 0.717) is 20.1 Å². The summed E-state index contributed by atoms with van der Waals surface area (Å²) in [6.45, 7) is 1.80. The number of allylic oxidation sites excluding steroid dienone is 1. The second kappa shape index (κ2) is 7.67. The molecule has 4 rings (SSSR count). The summed E-state index contributed by atoms with van der Waals surface area (Å²) in [5.74, 6) is 1.22. The number of carbonyl (C=O) groups is 1. The molecule has 0 aromatic heterocycles. The van der Waals surface area contributed by atoms with Gasteiger partial charge >= 0.3 is 0 Å². The maximum absolute atomic E-state index is 12.7. The van der Waals surface area contributed by atoms with Gasteiger partial charge in [0.15, 0.2) is 11.5 Å². The highest BCUT2D eigenvalue weighted by atomic mass is 31.1. The molecule has 0 fully saturated rings. The van der Waals surface area contributed by atoms with Gasteiger partial charge in [-0.2, -0.15) is 5.10 Å². The summed E-state index contributed by atoms with van der Waals surface area (Å²) in [7, 11) is 3.65. The van der Waals surface area contributed by atoms with Crippen LogP contribution in [0.3, 0.4) is 0 Å². The van der Waals surface area contributed by atoms with Crippen molar-refractivity contribution < 1.29 is 14.3 Å². The van der Waals surface area contributed by atoms with Crippen molar-refractivity contribution in [2.45, 2.75) is 12.2 Å². The van der Waals surface area contributed by atoms with Gasteiger partial charge in [-0.25, -0.2) is 5.01 Å². The van der Waals surface area contributed by atoms with Crippen molar-refractivity contribution >= 4 is 25.5 Å². The Bertz CT molecular complexity index is 888. The maximum Gasteiger partial charge on any atom is 0.268 e. The monoisotopic (exact) mass is 383 g/mol. The first kappa shape index (κ1) is 18.0. The summed E-state index contributed by atoms with van der Waals surface area (Å²) in [5, 5.41) is 10.5. The molecule has 1 N–H and O–H groups in total. The molecule has 1 aromatic rings. The summed E-state index contributed by atoms with van der Waals surface area (Å²) in [6, 6.07) is 5.75. The van der Waals surface area contributed by atoms with Crippen LogP contribution in [0.4, 0.5) is 0 Å². The van der Waals surface area contributed by atoms with Crippen molar-refractivity contribution in [2.24, 2.45) is 5.10 Å². The molecule has 3 aliphatic heterocycles. The first-order chi connectivity index (χ1) is 13.2. The molecule has 1 aromatic carbocycles. The van der Waals surface area contributed by atoms with Crippen molar-refractivity contribution in [1.82, 2.24) is 10.3 Å². The number of methoxy groups -OCH3 is 2. The molecule has 140 valence electrons. The lowest BCUT2D eigenvalue weighted by atomic mass is 10.0. The normalized spacial score (nSPS) is 22.7. The first-order valence-corrected chi connectivity index (χ1v) is 9.98. The second-order valence-electron chi connectivity index (χ2n) is 6.43. The Balaban J connectivity index is 1.60. The SMILES string of the molecule is COc1ccc(C2=CC(=O)N3N=C(C4=CCNCC4)C=CC3P2)cc1OC. The lowest BCUT2D eigenvalue weighted by molar-refractivity contribution is -0.126. The highest BCUT2D eigenvalue weighted by molar-refractivity contribution is 7.51. The van der Waals surface area contributed by atoms with Gasteiger partial charge in [0, 0.05) is 12.6 Å². The summed E-state index contributed by atoms with van der Waals surface area (Å²) < 4.78 is 10.7. The topological polar surface area (TPSA) is 63.2 Å². The van der Waals surface area contributed by atoms with E-state index in [0.717, 1.165) is 36.1 Å². The number of benzene rings is 1. The fraction of sp³-hybridized carbons (Fsp3) is 0.300. The van der Waals surface area contributed by atoms with Crippen LogP contribution in [-0.4, -0.2) is 49.7 Å². The third-order valence-corrected chi connectivity index (χ3v) is 6.28. The van der Waals surface area contributed by atoms with Gasteiger partial charge < -0.3 is 14.8 Å². The molecular weight excluding hydrogens is 361 g/mol. The predicted octanol–water partition coefficient (Wildman–Crippen LogP) is 2.74. The van der Waals surface area contributed by atoms with E-state index in [4.69, 9.17) is 9.47 Å². The quantitative estimate of drug-likeness (QED) is 0.813. The Morgan fingerprint density at radius 1 is 1.26 bits per heavy atom. The Hall–Kier alpha value is -2.43. The van der Waals surface area contributed by atoms with E-state index in [-0.39, 0.29) is 11.7 Å². The lowest BCUT2D eigenvalue weighted by Gasteiger charge is -2.33. The molecular formula is C20H22N3O3P. The summed E-state index contributed by atoms with van der Waals surface area (Å²) in [5.41, 5.74) is 3.08. The molecule has 1 amide bonds. The number of amides is 1. The number of rotatable bonds is 4. The van der Waals surface area contributed by atoms with Crippen LogP contribution in [0.15, 0.2) is 53.2 Å². The fourth-order valence-electron chi connectivity index (χ4n) is 3.36. The number of hydrazone groups is 1. The second-order valence-corrected chi connectivity index (χ2v) is 7.85. The molecule has 0 saturated carbocycles. The van der Waals surface area contributed by atoms with Crippen LogP contribution in [0.1, 0.15) is 12.0 Å². The fourth-order valence-corrected chi connectivity index (χ4v) is 4.71. The molecule has 27 heavy (non-hydrogen) atoms. The van der Waals surface area contributed by atoms with Gasteiger partial charge in [0.2, 0.25) is 0 Å². The number of hydrogen-bond donors (Lipinski definition) is 1. The highest BCUT2D eigenvalue weighted by Gasteiger charge is 2.30. The molecule has 3 heterocycles. The Kier molecular flexibility index (Phi) is 5.10. The van der Waals surface area contributed by atoms with Crippen LogP contribution in [-0.2, 0) is 4.79 Å². The van der Waals surface area contributed by atoms with E-state index < -0.39 is 0 Å². The number of hydrogen-bond acceptors (Lipinski definition) is 5. The Morgan fingerprint density at radius 3 is 2.85 bits per heavy atom. The molecule has 0 aliphatic carbocycles. The van der Waals surface area contributed by atoms with Gasteiger partial charge in [-0.05, 0) is 47.6 Å². The van der Waals surface area contributed by atoms with Crippen molar-refractivity contribution in [1.29, 1.82) is 0 Å². The smallest absolute Gasteiger partial charge is 0.268 e.